The normalized spacial score (nSPS) is 19.1. The molecule has 1 fully saturated rings. The third-order valence-electron chi connectivity index (χ3n) is 6.42. The van der Waals surface area contributed by atoms with Crippen LogP contribution in [0.2, 0.25) is 0 Å². The number of aliphatic hydroxyl groups is 1. The smallest absolute Gasteiger partial charge is 0.323 e. The number of carboxylic acid groups (broad SMARTS) is 1. The van der Waals surface area contributed by atoms with E-state index in [2.05, 4.69) is 10.6 Å². The number of hydrogen-bond acceptors (Lipinski definition) is 5. The fourth-order valence-corrected chi connectivity index (χ4v) is 4.23. The molecule has 0 aliphatic carbocycles. The molecule has 184 valence electrons. The summed E-state index contributed by atoms with van der Waals surface area (Å²) in [5, 5.41) is 26.5. The van der Waals surface area contributed by atoms with Crippen molar-refractivity contribution in [1.82, 2.24) is 0 Å². The van der Waals surface area contributed by atoms with Gasteiger partial charge in [-0.1, -0.05) is 44.5 Å². The van der Waals surface area contributed by atoms with E-state index in [1.807, 2.05) is 75.1 Å². The molecule has 8 heteroatoms. The van der Waals surface area contributed by atoms with E-state index in [4.69, 9.17) is 4.74 Å². The molecular weight excluding hydrogens is 434 g/mol. The molecule has 1 aliphatic heterocycles. The molecule has 0 unspecified atom stereocenters. The van der Waals surface area contributed by atoms with Gasteiger partial charge in [0.25, 0.3) is 0 Å². The molecule has 4 N–H and O–H groups in total. The molecule has 2 aromatic carbocycles. The number of anilines is 3. The molecule has 1 heterocycles. The fourth-order valence-electron chi connectivity index (χ4n) is 4.23. The number of aliphatic carboxylic acids is 1. The van der Waals surface area contributed by atoms with Crippen LogP contribution in [-0.4, -0.2) is 47.7 Å². The van der Waals surface area contributed by atoms with Crippen LogP contribution < -0.4 is 15.5 Å². The van der Waals surface area contributed by atoms with Crippen LogP contribution in [0.4, 0.5) is 21.9 Å². The summed E-state index contributed by atoms with van der Waals surface area (Å²) in [6.45, 7) is 8.81. The zero-order valence-electron chi connectivity index (χ0n) is 20.3. The minimum Gasteiger partial charge on any atom is -0.481 e. The van der Waals surface area contributed by atoms with Gasteiger partial charge in [-0.25, -0.2) is 4.79 Å². The average molecular weight is 470 g/mol. The highest BCUT2D eigenvalue weighted by Gasteiger charge is 2.41. The molecule has 8 nitrogen and oxygen atoms in total. The average Bonchev–Trinajstić information content (AvgIpc) is 2.79. The number of urea groups is 1. The van der Waals surface area contributed by atoms with Crippen molar-refractivity contribution in [3.05, 3.63) is 53.6 Å². The Bertz CT molecular complexity index is 1010. The van der Waals surface area contributed by atoms with E-state index >= 15 is 0 Å². The SMILES string of the molecule is CC[C@H](CC(=O)O)c1ccc(N2CCOC[C@]2(O)C(C)C)c(NC(=O)Nc2ccc(C)cc2)c1. The number of rotatable bonds is 8. The topological polar surface area (TPSA) is 111 Å². The Hall–Kier alpha value is -3.10. The van der Waals surface area contributed by atoms with E-state index in [0.29, 0.717) is 36.6 Å². The second kappa shape index (κ2) is 10.9. The van der Waals surface area contributed by atoms with Crippen molar-refractivity contribution in [2.45, 2.75) is 52.2 Å². The van der Waals surface area contributed by atoms with Crippen molar-refractivity contribution >= 4 is 29.1 Å². The van der Waals surface area contributed by atoms with Gasteiger partial charge in [-0.05, 0) is 49.1 Å². The predicted octanol–water partition coefficient (Wildman–Crippen LogP) is 4.79. The highest BCUT2D eigenvalue weighted by Crippen LogP contribution is 2.38. The van der Waals surface area contributed by atoms with Crippen molar-refractivity contribution in [3.63, 3.8) is 0 Å². The van der Waals surface area contributed by atoms with E-state index in [1.54, 1.807) is 0 Å². The van der Waals surface area contributed by atoms with E-state index in [1.165, 1.54) is 0 Å². The largest absolute Gasteiger partial charge is 0.481 e. The lowest BCUT2D eigenvalue weighted by Crippen LogP contribution is -2.60. The van der Waals surface area contributed by atoms with Crippen LogP contribution in [0.25, 0.3) is 0 Å². The van der Waals surface area contributed by atoms with Crippen molar-refractivity contribution in [3.8, 4) is 0 Å². The Labute approximate surface area is 200 Å². The second-order valence-electron chi connectivity index (χ2n) is 9.16. The third kappa shape index (κ3) is 5.87. The maximum atomic E-state index is 12.9. The Morgan fingerprint density at radius 1 is 1.15 bits per heavy atom. The van der Waals surface area contributed by atoms with Gasteiger partial charge in [0.2, 0.25) is 0 Å². The summed E-state index contributed by atoms with van der Waals surface area (Å²) in [5.41, 5.74) is 2.49. The maximum absolute atomic E-state index is 12.9. The van der Waals surface area contributed by atoms with Gasteiger partial charge in [0.05, 0.1) is 31.0 Å². The summed E-state index contributed by atoms with van der Waals surface area (Å²) < 4.78 is 5.57. The summed E-state index contributed by atoms with van der Waals surface area (Å²) in [4.78, 5) is 26.1. The van der Waals surface area contributed by atoms with Crippen molar-refractivity contribution in [2.75, 3.05) is 35.3 Å². The minimum absolute atomic E-state index is 0.00165. The molecule has 34 heavy (non-hydrogen) atoms. The van der Waals surface area contributed by atoms with Crippen LogP contribution in [0.1, 0.15) is 50.7 Å². The van der Waals surface area contributed by atoms with Gasteiger partial charge in [-0.2, -0.15) is 0 Å². The molecule has 1 aliphatic rings. The monoisotopic (exact) mass is 469 g/mol. The Kier molecular flexibility index (Phi) is 8.17. The van der Waals surface area contributed by atoms with Crippen molar-refractivity contribution < 1.29 is 24.5 Å². The summed E-state index contributed by atoms with van der Waals surface area (Å²) in [7, 11) is 0. The Morgan fingerprint density at radius 3 is 2.47 bits per heavy atom. The molecule has 2 aromatic rings. The van der Waals surface area contributed by atoms with Gasteiger partial charge < -0.3 is 30.5 Å². The van der Waals surface area contributed by atoms with Crippen LogP contribution in [0.3, 0.4) is 0 Å². The van der Waals surface area contributed by atoms with Gasteiger partial charge in [0, 0.05) is 18.2 Å². The molecule has 0 radical (unpaired) electrons. The van der Waals surface area contributed by atoms with Crippen LogP contribution in [-0.2, 0) is 9.53 Å². The maximum Gasteiger partial charge on any atom is 0.323 e. The fraction of sp³-hybridized carbons (Fsp3) is 0.462. The molecule has 0 spiro atoms. The lowest BCUT2D eigenvalue weighted by molar-refractivity contribution is -0.137. The van der Waals surface area contributed by atoms with Crippen LogP contribution in [0.5, 0.6) is 0 Å². The number of hydrogen-bond donors (Lipinski definition) is 4. The first-order chi connectivity index (χ1) is 16.1. The number of nitrogens with one attached hydrogen (secondary N) is 2. The third-order valence-corrected chi connectivity index (χ3v) is 6.42. The van der Waals surface area contributed by atoms with E-state index in [9.17, 15) is 19.8 Å². The number of nitrogens with zero attached hydrogens (tertiary/aromatic N) is 1. The highest BCUT2D eigenvalue weighted by atomic mass is 16.5. The second-order valence-corrected chi connectivity index (χ2v) is 9.16. The number of morpholine rings is 1. The Balaban J connectivity index is 1.98. The molecule has 0 bridgehead atoms. The molecular formula is C26H35N3O5. The predicted molar refractivity (Wildman–Crippen MR) is 133 cm³/mol. The number of amides is 2. The number of carbonyl (C=O) groups excluding carboxylic acids is 1. The van der Waals surface area contributed by atoms with Gasteiger partial charge in [-0.15, -0.1) is 0 Å². The number of carboxylic acids is 1. The van der Waals surface area contributed by atoms with Crippen LogP contribution >= 0.6 is 0 Å². The summed E-state index contributed by atoms with van der Waals surface area (Å²) in [5.74, 6) is -1.19. The quantitative estimate of drug-likeness (QED) is 0.442. The first kappa shape index (κ1) is 25.5. The number of benzene rings is 2. The first-order valence-electron chi connectivity index (χ1n) is 11.7. The summed E-state index contributed by atoms with van der Waals surface area (Å²) in [6, 6.07) is 12.6. The standard InChI is InChI=1S/C26H35N3O5/c1-5-19(15-24(30)31)20-8-11-23(29-12-13-34-16-26(29,33)17(2)3)22(14-20)28-25(32)27-21-9-6-18(4)7-10-21/h6-11,14,17,19,33H,5,12-13,15-16H2,1-4H3,(H,30,31)(H2,27,28,32)/t19-,26+/m1/s1. The Morgan fingerprint density at radius 2 is 1.85 bits per heavy atom. The molecule has 1 saturated heterocycles. The number of aryl methyl sites for hydroxylation is 1. The zero-order valence-corrected chi connectivity index (χ0v) is 20.3. The minimum atomic E-state index is -1.24. The van der Waals surface area contributed by atoms with Gasteiger partial charge >= 0.3 is 12.0 Å². The number of carbonyl (C=O) groups is 2. The lowest BCUT2D eigenvalue weighted by Gasteiger charge is -2.47. The van der Waals surface area contributed by atoms with Gasteiger partial charge in [-0.3, -0.25) is 4.79 Å². The molecule has 2 amide bonds. The van der Waals surface area contributed by atoms with E-state index in [0.717, 1.165) is 11.1 Å². The molecule has 2 atom stereocenters. The van der Waals surface area contributed by atoms with Crippen molar-refractivity contribution in [2.24, 2.45) is 5.92 Å². The number of ether oxygens (including phenoxy) is 1. The van der Waals surface area contributed by atoms with E-state index < -0.39 is 17.7 Å². The zero-order chi connectivity index (χ0) is 24.9. The highest BCUT2D eigenvalue weighted by molar-refractivity contribution is 6.02. The van der Waals surface area contributed by atoms with Crippen LogP contribution in [0, 0.1) is 12.8 Å². The summed E-state index contributed by atoms with van der Waals surface area (Å²) in [6.07, 6.45) is 0.645. The summed E-state index contributed by atoms with van der Waals surface area (Å²) >= 11 is 0. The first-order valence-corrected chi connectivity index (χ1v) is 11.7. The lowest BCUT2D eigenvalue weighted by atomic mass is 9.91. The van der Waals surface area contributed by atoms with Gasteiger partial charge in [0.15, 0.2) is 5.72 Å². The molecule has 0 aromatic heterocycles. The van der Waals surface area contributed by atoms with Crippen molar-refractivity contribution in [1.29, 1.82) is 0 Å². The van der Waals surface area contributed by atoms with Gasteiger partial charge in [0.1, 0.15) is 0 Å². The molecule has 3 rings (SSSR count). The van der Waals surface area contributed by atoms with Crippen LogP contribution in [0.15, 0.2) is 42.5 Å². The van der Waals surface area contributed by atoms with E-state index in [-0.39, 0.29) is 24.9 Å². The molecule has 0 saturated carbocycles.